The van der Waals surface area contributed by atoms with E-state index in [0.717, 1.165) is 46.1 Å². The van der Waals surface area contributed by atoms with Crippen molar-refractivity contribution in [1.29, 1.82) is 0 Å². The number of fused-ring (bicyclic) bond motifs is 2. The minimum Gasteiger partial charge on any atom is -0.493 e. The van der Waals surface area contributed by atoms with Crippen LogP contribution in [0.4, 0.5) is 0 Å². The van der Waals surface area contributed by atoms with E-state index in [2.05, 4.69) is 32.0 Å². The fourth-order valence-electron chi connectivity index (χ4n) is 3.17. The summed E-state index contributed by atoms with van der Waals surface area (Å²) in [5, 5.41) is 2.19. The maximum Gasteiger partial charge on any atom is 0.121 e. The van der Waals surface area contributed by atoms with Crippen molar-refractivity contribution in [3.8, 4) is 11.5 Å². The molecule has 29 heavy (non-hydrogen) atoms. The molecule has 0 saturated carbocycles. The van der Waals surface area contributed by atoms with E-state index in [9.17, 15) is 0 Å². The Hall–Kier alpha value is -2.08. The third kappa shape index (κ3) is 6.46. The molecule has 158 valence electrons. The lowest BCUT2D eigenvalue weighted by atomic mass is 10.1. The van der Waals surface area contributed by atoms with Crippen LogP contribution in [0.25, 0.3) is 21.8 Å². The van der Waals surface area contributed by atoms with Gasteiger partial charge in [-0.2, -0.15) is 0 Å². The minimum atomic E-state index is 0. The summed E-state index contributed by atoms with van der Waals surface area (Å²) in [7, 11) is 0. The lowest BCUT2D eigenvalue weighted by molar-refractivity contribution is 0.254. The van der Waals surface area contributed by atoms with Gasteiger partial charge in [0.2, 0.25) is 0 Å². The van der Waals surface area contributed by atoms with Gasteiger partial charge in [0.1, 0.15) is 11.5 Å². The zero-order valence-corrected chi connectivity index (χ0v) is 18.1. The molecule has 2 aromatic carbocycles. The van der Waals surface area contributed by atoms with Crippen molar-refractivity contribution in [1.82, 2.24) is 4.98 Å². The molecule has 0 radical (unpaired) electrons. The molecule has 4 N–H and O–H groups in total. The smallest absolute Gasteiger partial charge is 0.121 e. The van der Waals surface area contributed by atoms with Crippen LogP contribution in [0.3, 0.4) is 0 Å². The summed E-state index contributed by atoms with van der Waals surface area (Å²) in [6.07, 6.45) is 1.92. The number of hydrogen-bond acceptors (Lipinski definition) is 5. The Balaban J connectivity index is 0.00000300. The average molecular weight is 418 g/mol. The van der Waals surface area contributed by atoms with Gasteiger partial charge in [-0.1, -0.05) is 13.8 Å². The van der Waals surface area contributed by atoms with E-state index in [1.165, 1.54) is 0 Å². The van der Waals surface area contributed by atoms with E-state index in [1.54, 1.807) is 0 Å². The van der Waals surface area contributed by atoms with Crippen LogP contribution < -0.4 is 20.9 Å². The molecule has 0 fully saturated rings. The monoisotopic (exact) mass is 417 g/mol. The number of pyridine rings is 1. The molecule has 0 amide bonds. The predicted molar refractivity (Wildman–Crippen MR) is 123 cm³/mol. The molecule has 6 heteroatoms. The second kappa shape index (κ2) is 11.2. The second-order valence-electron chi connectivity index (χ2n) is 7.68. The van der Waals surface area contributed by atoms with Crippen molar-refractivity contribution in [2.75, 3.05) is 26.3 Å². The lowest BCUT2D eigenvalue weighted by Gasteiger charge is -2.13. The molecular weight excluding hydrogens is 386 g/mol. The molecular formula is C23H32ClN3O2. The molecule has 0 aliphatic carbocycles. The summed E-state index contributed by atoms with van der Waals surface area (Å²) < 4.78 is 11.8. The van der Waals surface area contributed by atoms with Crippen molar-refractivity contribution in [3.63, 3.8) is 0 Å². The van der Waals surface area contributed by atoms with Crippen molar-refractivity contribution in [2.24, 2.45) is 23.3 Å². The minimum absolute atomic E-state index is 0. The van der Waals surface area contributed by atoms with E-state index >= 15 is 0 Å². The third-order valence-electron chi connectivity index (χ3n) is 4.94. The molecule has 0 spiro atoms. The van der Waals surface area contributed by atoms with Gasteiger partial charge in [-0.05, 0) is 68.1 Å². The molecule has 1 aromatic heterocycles. The molecule has 0 aliphatic rings. The number of hydrogen-bond donors (Lipinski definition) is 2. The maximum atomic E-state index is 5.92. The van der Waals surface area contributed by atoms with Gasteiger partial charge in [0.05, 0.1) is 24.2 Å². The quantitative estimate of drug-likeness (QED) is 0.473. The van der Waals surface area contributed by atoms with E-state index in [4.69, 9.17) is 25.9 Å². The maximum absolute atomic E-state index is 5.92. The zero-order valence-electron chi connectivity index (χ0n) is 17.3. The Labute approximate surface area is 179 Å². The first-order valence-electron chi connectivity index (χ1n) is 10.1. The average Bonchev–Trinajstić information content (AvgIpc) is 2.69. The predicted octanol–water partition coefficient (Wildman–Crippen LogP) is 4.54. The molecule has 1 heterocycles. The SMILES string of the molecule is CC(CCN)COc1ccc2cc3ccc(OCC(C)CCN)cc3nc2c1.Cl. The summed E-state index contributed by atoms with van der Waals surface area (Å²) in [5.74, 6) is 2.55. The van der Waals surface area contributed by atoms with Crippen LogP contribution in [0.2, 0.25) is 0 Å². The normalized spacial score (nSPS) is 13.1. The molecule has 0 aliphatic heterocycles. The third-order valence-corrected chi connectivity index (χ3v) is 4.94. The van der Waals surface area contributed by atoms with Crippen LogP contribution >= 0.6 is 12.4 Å². The topological polar surface area (TPSA) is 83.4 Å². The van der Waals surface area contributed by atoms with Gasteiger partial charge >= 0.3 is 0 Å². The number of nitrogens with zero attached hydrogens (tertiary/aromatic N) is 1. The Morgan fingerprint density at radius 3 is 1.62 bits per heavy atom. The molecule has 3 aromatic rings. The lowest BCUT2D eigenvalue weighted by Crippen LogP contribution is -2.13. The van der Waals surface area contributed by atoms with Gasteiger partial charge in [-0.15, -0.1) is 12.4 Å². The summed E-state index contributed by atoms with van der Waals surface area (Å²) in [6.45, 7) is 6.99. The van der Waals surface area contributed by atoms with Crippen molar-refractivity contribution in [3.05, 3.63) is 42.5 Å². The number of ether oxygens (including phenoxy) is 2. The van der Waals surface area contributed by atoms with E-state index < -0.39 is 0 Å². The highest BCUT2D eigenvalue weighted by atomic mass is 35.5. The standard InChI is InChI=1S/C23H31N3O2.ClH/c1-16(7-9-24)14-27-20-5-3-18-11-19-4-6-21(28-15-17(2)8-10-25)13-23(19)26-22(18)12-20;/h3-6,11-13,16-17H,7-10,14-15,24-25H2,1-2H3;1H. The van der Waals surface area contributed by atoms with E-state index in [-0.39, 0.29) is 12.4 Å². The highest BCUT2D eigenvalue weighted by Gasteiger charge is 2.07. The van der Waals surface area contributed by atoms with Crippen LogP contribution in [-0.2, 0) is 0 Å². The number of nitrogens with two attached hydrogens (primary N) is 2. The molecule has 2 atom stereocenters. The number of halogens is 1. The van der Waals surface area contributed by atoms with E-state index in [1.807, 2.05) is 24.3 Å². The van der Waals surface area contributed by atoms with Crippen LogP contribution in [0.1, 0.15) is 26.7 Å². The zero-order chi connectivity index (χ0) is 19.9. The number of benzene rings is 2. The fraction of sp³-hybridized carbons (Fsp3) is 0.435. The largest absolute Gasteiger partial charge is 0.493 e. The summed E-state index contributed by atoms with van der Waals surface area (Å²) in [5.41, 5.74) is 13.1. The van der Waals surface area contributed by atoms with Crippen molar-refractivity contribution < 1.29 is 9.47 Å². The molecule has 0 saturated heterocycles. The Kier molecular flexibility index (Phi) is 8.96. The van der Waals surface area contributed by atoms with Gasteiger partial charge in [0.15, 0.2) is 0 Å². The highest BCUT2D eigenvalue weighted by molar-refractivity contribution is 5.93. The first-order chi connectivity index (χ1) is 13.6. The first kappa shape index (κ1) is 23.2. The van der Waals surface area contributed by atoms with Crippen LogP contribution in [0.15, 0.2) is 42.5 Å². The van der Waals surface area contributed by atoms with Gasteiger partial charge in [-0.25, -0.2) is 4.98 Å². The van der Waals surface area contributed by atoms with Gasteiger partial charge in [0.25, 0.3) is 0 Å². The van der Waals surface area contributed by atoms with Crippen LogP contribution in [-0.4, -0.2) is 31.3 Å². The van der Waals surface area contributed by atoms with Crippen LogP contribution in [0.5, 0.6) is 11.5 Å². The van der Waals surface area contributed by atoms with E-state index in [0.29, 0.717) is 38.1 Å². The Bertz CT molecular complexity index is 848. The van der Waals surface area contributed by atoms with Crippen LogP contribution in [0, 0.1) is 11.8 Å². The van der Waals surface area contributed by atoms with Crippen molar-refractivity contribution >= 4 is 34.2 Å². The highest BCUT2D eigenvalue weighted by Crippen LogP contribution is 2.26. The number of aromatic nitrogens is 1. The molecule has 3 rings (SSSR count). The van der Waals surface area contributed by atoms with Gasteiger partial charge in [-0.3, -0.25) is 0 Å². The summed E-state index contributed by atoms with van der Waals surface area (Å²) in [6, 6.07) is 14.3. The Morgan fingerprint density at radius 2 is 1.21 bits per heavy atom. The fourth-order valence-corrected chi connectivity index (χ4v) is 3.17. The molecule has 5 nitrogen and oxygen atoms in total. The second-order valence-corrected chi connectivity index (χ2v) is 7.68. The van der Waals surface area contributed by atoms with Crippen molar-refractivity contribution in [2.45, 2.75) is 26.7 Å². The first-order valence-corrected chi connectivity index (χ1v) is 10.1. The van der Waals surface area contributed by atoms with Gasteiger partial charge < -0.3 is 20.9 Å². The number of rotatable bonds is 10. The molecule has 2 unspecified atom stereocenters. The Morgan fingerprint density at radius 1 is 0.759 bits per heavy atom. The summed E-state index contributed by atoms with van der Waals surface area (Å²) in [4.78, 5) is 4.83. The molecule has 0 bridgehead atoms. The summed E-state index contributed by atoms with van der Waals surface area (Å²) >= 11 is 0. The van der Waals surface area contributed by atoms with Gasteiger partial charge in [0, 0.05) is 22.9 Å².